The average molecular weight is 518 g/mol. The van der Waals surface area contributed by atoms with E-state index in [9.17, 15) is 24.0 Å². The van der Waals surface area contributed by atoms with Gasteiger partial charge in [0.2, 0.25) is 29.5 Å². The highest BCUT2D eigenvalue weighted by Gasteiger charge is 2.33. The molecule has 1 saturated heterocycles. The van der Waals surface area contributed by atoms with E-state index >= 15 is 0 Å². The lowest BCUT2D eigenvalue weighted by Gasteiger charge is -2.32. The number of benzene rings is 1. The molecular weight excluding hydrogens is 478 g/mol. The normalized spacial score (nSPS) is 22.9. The molecule has 1 aromatic rings. The van der Waals surface area contributed by atoms with Crippen LogP contribution >= 0.6 is 0 Å². The van der Waals surface area contributed by atoms with E-state index < -0.39 is 35.8 Å². The van der Waals surface area contributed by atoms with Crippen molar-refractivity contribution in [2.24, 2.45) is 5.92 Å². The Morgan fingerprint density at radius 1 is 1.08 bits per heavy atom. The van der Waals surface area contributed by atoms with Crippen LogP contribution in [0.5, 0.6) is 0 Å². The number of rotatable bonds is 5. The lowest BCUT2D eigenvalue weighted by atomic mass is 10.0. The summed E-state index contributed by atoms with van der Waals surface area (Å²) in [5.74, 6) is -2.45. The van der Waals surface area contributed by atoms with Crippen molar-refractivity contribution in [3.05, 3.63) is 35.9 Å². The molecule has 0 aliphatic carbocycles. The van der Waals surface area contributed by atoms with Crippen LogP contribution in [0.2, 0.25) is 0 Å². The van der Waals surface area contributed by atoms with E-state index in [0.29, 0.717) is 6.42 Å². The van der Waals surface area contributed by atoms with Crippen molar-refractivity contribution in [1.29, 1.82) is 0 Å². The first-order chi connectivity index (χ1) is 17.5. The molecule has 1 aliphatic rings. The van der Waals surface area contributed by atoms with Crippen molar-refractivity contribution in [2.45, 2.75) is 51.7 Å². The summed E-state index contributed by atoms with van der Waals surface area (Å²) in [5.41, 5.74) is 0.870. The van der Waals surface area contributed by atoms with Crippen molar-refractivity contribution in [2.75, 3.05) is 40.4 Å². The molecule has 204 valence electrons. The van der Waals surface area contributed by atoms with Crippen LogP contribution in [0.4, 0.5) is 0 Å². The Labute approximate surface area is 218 Å². The van der Waals surface area contributed by atoms with Crippen LogP contribution in [0.3, 0.4) is 0 Å². The third-order valence-electron chi connectivity index (χ3n) is 6.23. The van der Waals surface area contributed by atoms with Crippen molar-refractivity contribution in [3.63, 3.8) is 0 Å². The maximum Gasteiger partial charge on any atom is 0.249 e. The first-order valence-electron chi connectivity index (χ1n) is 12.5. The van der Waals surface area contributed by atoms with Crippen LogP contribution in [-0.2, 0) is 35.1 Å². The number of amides is 5. The molecule has 0 saturated carbocycles. The number of nitrogens with zero attached hydrogens (tertiary/aromatic N) is 2. The van der Waals surface area contributed by atoms with Crippen molar-refractivity contribution in [3.8, 4) is 0 Å². The lowest BCUT2D eigenvalue weighted by Crippen LogP contribution is -2.58. The molecule has 37 heavy (non-hydrogen) atoms. The van der Waals surface area contributed by atoms with E-state index in [1.54, 1.807) is 20.8 Å². The summed E-state index contributed by atoms with van der Waals surface area (Å²) >= 11 is 0. The Bertz CT molecular complexity index is 954. The molecule has 11 heteroatoms. The second-order valence-corrected chi connectivity index (χ2v) is 9.58. The Hall–Kier alpha value is -3.47. The van der Waals surface area contributed by atoms with Crippen LogP contribution in [0, 0.1) is 5.92 Å². The van der Waals surface area contributed by atoms with Crippen LogP contribution in [-0.4, -0.2) is 97.9 Å². The van der Waals surface area contributed by atoms with Gasteiger partial charge in [-0.2, -0.15) is 0 Å². The number of carbonyl (C=O) groups excluding carboxylic acids is 5. The summed E-state index contributed by atoms with van der Waals surface area (Å²) in [7, 11) is 2.86. The molecule has 1 fully saturated rings. The number of nitrogens with one attached hydrogen (secondary N) is 3. The Morgan fingerprint density at radius 3 is 2.38 bits per heavy atom. The van der Waals surface area contributed by atoms with Gasteiger partial charge >= 0.3 is 0 Å². The smallest absolute Gasteiger partial charge is 0.249 e. The van der Waals surface area contributed by atoms with Gasteiger partial charge in [-0.05, 0) is 24.8 Å². The number of likely N-dealkylation sites (N-methyl/N-ethyl adjacent to an activating group) is 1. The molecule has 1 aromatic carbocycles. The van der Waals surface area contributed by atoms with Gasteiger partial charge in [-0.15, -0.1) is 0 Å². The monoisotopic (exact) mass is 517 g/mol. The minimum atomic E-state index is -0.900. The third-order valence-corrected chi connectivity index (χ3v) is 6.23. The Morgan fingerprint density at radius 2 is 1.76 bits per heavy atom. The highest BCUT2D eigenvalue weighted by atomic mass is 16.5. The summed E-state index contributed by atoms with van der Waals surface area (Å²) in [4.78, 5) is 67.4. The molecule has 3 N–H and O–H groups in total. The zero-order valence-corrected chi connectivity index (χ0v) is 22.3. The summed E-state index contributed by atoms with van der Waals surface area (Å²) in [5, 5.41) is 8.30. The molecule has 0 bridgehead atoms. The summed E-state index contributed by atoms with van der Waals surface area (Å²) in [6.45, 7) is 5.08. The highest BCUT2D eigenvalue weighted by molar-refractivity contribution is 5.94. The first kappa shape index (κ1) is 29.8. The van der Waals surface area contributed by atoms with Gasteiger partial charge in [-0.25, -0.2) is 0 Å². The molecule has 0 spiro atoms. The van der Waals surface area contributed by atoms with Crippen molar-refractivity contribution >= 4 is 29.5 Å². The van der Waals surface area contributed by atoms with Gasteiger partial charge in [0.05, 0.1) is 6.54 Å². The fourth-order valence-electron chi connectivity index (χ4n) is 4.08. The molecule has 0 aromatic heterocycles. The fourth-order valence-corrected chi connectivity index (χ4v) is 4.08. The van der Waals surface area contributed by atoms with Gasteiger partial charge < -0.3 is 30.5 Å². The van der Waals surface area contributed by atoms with E-state index in [4.69, 9.17) is 4.74 Å². The average Bonchev–Trinajstić information content (AvgIpc) is 2.85. The molecule has 0 unspecified atom stereocenters. The van der Waals surface area contributed by atoms with Gasteiger partial charge in [0.15, 0.2) is 0 Å². The fraction of sp³-hybridized carbons (Fsp3) is 0.577. The zero-order chi connectivity index (χ0) is 27.5. The number of hydrogen-bond donors (Lipinski definition) is 3. The lowest BCUT2D eigenvalue weighted by molar-refractivity contribution is -0.145. The molecular formula is C26H39N5O6. The maximum absolute atomic E-state index is 13.2. The van der Waals surface area contributed by atoms with E-state index in [2.05, 4.69) is 16.0 Å². The summed E-state index contributed by atoms with van der Waals surface area (Å²) in [6, 6.07) is 6.67. The molecule has 3 atom stereocenters. The van der Waals surface area contributed by atoms with Gasteiger partial charge in [-0.1, -0.05) is 44.2 Å². The molecule has 1 aliphatic heterocycles. The molecule has 2 rings (SSSR count). The minimum absolute atomic E-state index is 0.187. The zero-order valence-electron chi connectivity index (χ0n) is 22.3. The SMILES string of the molecule is COCC(=O)N1CCCNC(=O)[C@H](Cc2ccccc2)NC(=O)CN(C)C(=O)[C@H](C(C)C)NC(=O)[C@H]1C. The topological polar surface area (TPSA) is 137 Å². The molecule has 11 nitrogen and oxygen atoms in total. The van der Waals surface area contributed by atoms with Gasteiger partial charge in [0.1, 0.15) is 24.7 Å². The largest absolute Gasteiger partial charge is 0.375 e. The van der Waals surface area contributed by atoms with Crippen LogP contribution < -0.4 is 16.0 Å². The van der Waals surface area contributed by atoms with Gasteiger partial charge in [-0.3, -0.25) is 24.0 Å². The molecule has 5 amide bonds. The quantitative estimate of drug-likeness (QED) is 0.490. The number of hydrogen-bond acceptors (Lipinski definition) is 6. The number of methoxy groups -OCH3 is 1. The predicted molar refractivity (Wildman–Crippen MR) is 137 cm³/mol. The minimum Gasteiger partial charge on any atom is -0.375 e. The van der Waals surface area contributed by atoms with Gasteiger partial charge in [0, 0.05) is 33.7 Å². The van der Waals surface area contributed by atoms with Crippen LogP contribution in [0.15, 0.2) is 30.3 Å². The number of carbonyl (C=O) groups is 5. The summed E-state index contributed by atoms with van der Waals surface area (Å²) < 4.78 is 4.97. The summed E-state index contributed by atoms with van der Waals surface area (Å²) in [6.07, 6.45) is 0.649. The predicted octanol–water partition coefficient (Wildman–Crippen LogP) is -0.303. The van der Waals surface area contributed by atoms with E-state index in [-0.39, 0.29) is 50.4 Å². The van der Waals surface area contributed by atoms with Crippen LogP contribution in [0.25, 0.3) is 0 Å². The second kappa shape index (κ2) is 14.3. The standard InChI is InChI=1S/C26H39N5O6/c1-17(2)23-26(36)30(4)15-21(32)28-20(14-19-10-7-6-8-11-19)25(35)27-12-9-13-31(22(33)16-37-5)18(3)24(34)29-23/h6-8,10-11,17-18,20,23H,9,12-16H2,1-5H3,(H,27,35)(H,28,32)(H,29,34)/t18-,20+,23+/m1/s1. The van der Waals surface area contributed by atoms with Crippen molar-refractivity contribution in [1.82, 2.24) is 25.8 Å². The molecule has 0 radical (unpaired) electrons. The van der Waals surface area contributed by atoms with Crippen molar-refractivity contribution < 1.29 is 28.7 Å². The highest BCUT2D eigenvalue weighted by Crippen LogP contribution is 2.10. The number of ether oxygens (including phenoxy) is 1. The Kier molecular flexibility index (Phi) is 11.5. The van der Waals surface area contributed by atoms with Crippen LogP contribution in [0.1, 0.15) is 32.8 Å². The first-order valence-corrected chi connectivity index (χ1v) is 12.5. The van der Waals surface area contributed by atoms with E-state index in [0.717, 1.165) is 5.56 Å². The van der Waals surface area contributed by atoms with E-state index in [1.807, 2.05) is 30.3 Å². The third kappa shape index (κ3) is 8.85. The van der Waals surface area contributed by atoms with E-state index in [1.165, 1.54) is 24.0 Å². The molecule has 1 heterocycles. The Balaban J connectivity index is 2.33. The van der Waals surface area contributed by atoms with Gasteiger partial charge in [0.25, 0.3) is 0 Å². The second-order valence-electron chi connectivity index (χ2n) is 9.58. The maximum atomic E-state index is 13.2.